The van der Waals surface area contributed by atoms with E-state index in [4.69, 9.17) is 8.94 Å². The van der Waals surface area contributed by atoms with E-state index < -0.39 is 6.10 Å². The SMILES string of the molecule is CCCCc1noc(C(C)N2CCN(CC(O)c3ccco3)CC2)n1. The van der Waals surface area contributed by atoms with Gasteiger partial charge in [0.05, 0.1) is 12.3 Å². The fraction of sp³-hybridized carbons (Fsp3) is 0.667. The highest BCUT2D eigenvalue weighted by Gasteiger charge is 2.27. The van der Waals surface area contributed by atoms with Gasteiger partial charge in [-0.15, -0.1) is 0 Å². The third kappa shape index (κ3) is 4.68. The van der Waals surface area contributed by atoms with E-state index >= 15 is 0 Å². The van der Waals surface area contributed by atoms with Crippen LogP contribution in [0, 0.1) is 0 Å². The minimum absolute atomic E-state index is 0.125. The minimum Gasteiger partial charge on any atom is -0.467 e. The molecule has 0 bridgehead atoms. The maximum absolute atomic E-state index is 10.2. The van der Waals surface area contributed by atoms with E-state index in [2.05, 4.69) is 33.8 Å². The van der Waals surface area contributed by atoms with Crippen LogP contribution in [0.1, 0.15) is 56.3 Å². The predicted molar refractivity (Wildman–Crippen MR) is 93.0 cm³/mol. The Labute approximate surface area is 148 Å². The Balaban J connectivity index is 1.47. The highest BCUT2D eigenvalue weighted by molar-refractivity contribution is 5.02. The standard InChI is InChI=1S/C18H28N4O3/c1-3-4-7-17-19-18(25-20-17)14(2)22-10-8-21(9-11-22)13-15(23)16-6-5-12-24-16/h5-6,12,14-15,23H,3-4,7-11,13H2,1-2H3. The average Bonchev–Trinajstić information content (AvgIpc) is 3.32. The number of piperazine rings is 1. The van der Waals surface area contributed by atoms with Crippen molar-refractivity contribution < 1.29 is 14.0 Å². The zero-order chi connectivity index (χ0) is 17.6. The van der Waals surface area contributed by atoms with Crippen LogP contribution in [-0.2, 0) is 6.42 Å². The smallest absolute Gasteiger partial charge is 0.243 e. The molecular weight excluding hydrogens is 320 g/mol. The van der Waals surface area contributed by atoms with Gasteiger partial charge in [-0.2, -0.15) is 4.98 Å². The third-order valence-electron chi connectivity index (χ3n) is 4.85. The van der Waals surface area contributed by atoms with Crippen LogP contribution in [0.4, 0.5) is 0 Å². The summed E-state index contributed by atoms with van der Waals surface area (Å²) in [6.07, 6.45) is 4.12. The lowest BCUT2D eigenvalue weighted by Gasteiger charge is -2.37. The van der Waals surface area contributed by atoms with Crippen LogP contribution >= 0.6 is 0 Å². The summed E-state index contributed by atoms with van der Waals surface area (Å²) in [5.74, 6) is 2.14. The van der Waals surface area contributed by atoms with Gasteiger partial charge in [0, 0.05) is 39.1 Å². The van der Waals surface area contributed by atoms with Gasteiger partial charge in [0.1, 0.15) is 11.9 Å². The molecule has 3 rings (SSSR count). The van der Waals surface area contributed by atoms with Crippen molar-refractivity contribution in [1.29, 1.82) is 0 Å². The summed E-state index contributed by atoms with van der Waals surface area (Å²) in [6.45, 7) is 8.50. The fourth-order valence-electron chi connectivity index (χ4n) is 3.18. The molecule has 138 valence electrons. The number of rotatable bonds is 8. The van der Waals surface area contributed by atoms with Crippen molar-refractivity contribution in [1.82, 2.24) is 19.9 Å². The molecule has 0 aliphatic carbocycles. The molecule has 2 unspecified atom stereocenters. The molecule has 7 heteroatoms. The maximum atomic E-state index is 10.2. The van der Waals surface area contributed by atoms with Gasteiger partial charge in [-0.25, -0.2) is 0 Å². The molecule has 1 aliphatic rings. The van der Waals surface area contributed by atoms with Crippen LogP contribution in [0.2, 0.25) is 0 Å². The molecular formula is C18H28N4O3. The third-order valence-corrected chi connectivity index (χ3v) is 4.85. The number of β-amino-alcohol motifs (C(OH)–C–C–N with tert-alkyl or cyclic N) is 1. The lowest BCUT2D eigenvalue weighted by molar-refractivity contribution is 0.0452. The summed E-state index contributed by atoms with van der Waals surface area (Å²) in [5.41, 5.74) is 0. The van der Waals surface area contributed by atoms with E-state index in [1.165, 1.54) is 0 Å². The molecule has 0 spiro atoms. The van der Waals surface area contributed by atoms with Crippen molar-refractivity contribution in [3.05, 3.63) is 35.9 Å². The second-order valence-corrected chi connectivity index (χ2v) is 6.70. The topological polar surface area (TPSA) is 78.8 Å². The number of nitrogens with zero attached hydrogens (tertiary/aromatic N) is 4. The van der Waals surface area contributed by atoms with E-state index in [9.17, 15) is 5.11 Å². The number of aliphatic hydroxyl groups is 1. The number of aryl methyl sites for hydroxylation is 1. The van der Waals surface area contributed by atoms with E-state index in [1.54, 1.807) is 12.3 Å². The van der Waals surface area contributed by atoms with Crippen molar-refractivity contribution in [2.24, 2.45) is 0 Å². The Bertz CT molecular complexity index is 620. The quantitative estimate of drug-likeness (QED) is 0.785. The van der Waals surface area contributed by atoms with Crippen LogP contribution in [-0.4, -0.2) is 57.8 Å². The Hall–Kier alpha value is -1.70. The summed E-state index contributed by atoms with van der Waals surface area (Å²) in [5, 5.41) is 14.3. The molecule has 0 amide bonds. The lowest BCUT2D eigenvalue weighted by atomic mass is 10.2. The predicted octanol–water partition coefficient (Wildman–Crippen LogP) is 2.42. The van der Waals surface area contributed by atoms with Gasteiger partial charge < -0.3 is 14.0 Å². The molecule has 2 aromatic heterocycles. The van der Waals surface area contributed by atoms with Crippen LogP contribution < -0.4 is 0 Å². The summed E-state index contributed by atoms with van der Waals surface area (Å²) in [6, 6.07) is 3.74. The molecule has 2 atom stereocenters. The molecule has 3 heterocycles. The first-order chi connectivity index (χ1) is 12.2. The zero-order valence-corrected chi connectivity index (χ0v) is 15.1. The number of hydrogen-bond donors (Lipinski definition) is 1. The summed E-state index contributed by atoms with van der Waals surface area (Å²) in [7, 11) is 0. The second kappa shape index (κ2) is 8.60. The fourth-order valence-corrected chi connectivity index (χ4v) is 3.18. The summed E-state index contributed by atoms with van der Waals surface area (Å²) < 4.78 is 10.7. The van der Waals surface area contributed by atoms with Gasteiger partial charge in [-0.1, -0.05) is 18.5 Å². The molecule has 0 radical (unpaired) electrons. The molecule has 0 aromatic carbocycles. The first-order valence-corrected chi connectivity index (χ1v) is 9.17. The van der Waals surface area contributed by atoms with E-state index in [0.29, 0.717) is 18.2 Å². The van der Waals surface area contributed by atoms with Gasteiger partial charge in [0.15, 0.2) is 5.82 Å². The molecule has 1 N–H and O–H groups in total. The van der Waals surface area contributed by atoms with Gasteiger partial charge in [0.25, 0.3) is 0 Å². The summed E-state index contributed by atoms with van der Waals surface area (Å²) >= 11 is 0. The largest absolute Gasteiger partial charge is 0.467 e. The maximum Gasteiger partial charge on any atom is 0.243 e. The molecule has 1 fully saturated rings. The van der Waals surface area contributed by atoms with Crippen LogP contribution in [0.5, 0.6) is 0 Å². The van der Waals surface area contributed by atoms with Crippen LogP contribution in [0.25, 0.3) is 0 Å². The normalized spacial score (nSPS) is 19.2. The monoisotopic (exact) mass is 348 g/mol. The molecule has 0 saturated carbocycles. The molecule has 1 aliphatic heterocycles. The average molecular weight is 348 g/mol. The van der Waals surface area contributed by atoms with Crippen molar-refractivity contribution in [2.75, 3.05) is 32.7 Å². The molecule has 25 heavy (non-hydrogen) atoms. The van der Waals surface area contributed by atoms with Crippen molar-refractivity contribution in [3.63, 3.8) is 0 Å². The minimum atomic E-state index is -0.573. The zero-order valence-electron chi connectivity index (χ0n) is 15.1. The summed E-state index contributed by atoms with van der Waals surface area (Å²) in [4.78, 5) is 9.15. The highest BCUT2D eigenvalue weighted by Crippen LogP contribution is 2.22. The number of hydrogen-bond acceptors (Lipinski definition) is 7. The molecule has 1 saturated heterocycles. The molecule has 2 aromatic rings. The van der Waals surface area contributed by atoms with Crippen molar-refractivity contribution in [3.8, 4) is 0 Å². The van der Waals surface area contributed by atoms with Crippen molar-refractivity contribution >= 4 is 0 Å². The van der Waals surface area contributed by atoms with E-state index in [1.807, 2.05) is 6.07 Å². The van der Waals surface area contributed by atoms with Gasteiger partial charge in [-0.05, 0) is 25.5 Å². The van der Waals surface area contributed by atoms with Gasteiger partial charge >= 0.3 is 0 Å². The van der Waals surface area contributed by atoms with Crippen LogP contribution in [0.3, 0.4) is 0 Å². The highest BCUT2D eigenvalue weighted by atomic mass is 16.5. The molecule has 7 nitrogen and oxygen atoms in total. The number of aliphatic hydroxyl groups excluding tert-OH is 1. The number of aromatic nitrogens is 2. The van der Waals surface area contributed by atoms with Crippen molar-refractivity contribution in [2.45, 2.75) is 45.3 Å². The van der Waals surface area contributed by atoms with Crippen LogP contribution in [0.15, 0.2) is 27.3 Å². The van der Waals surface area contributed by atoms with E-state index in [-0.39, 0.29) is 6.04 Å². The van der Waals surface area contributed by atoms with E-state index in [0.717, 1.165) is 51.3 Å². The number of furan rings is 1. The first kappa shape index (κ1) is 18.1. The Morgan fingerprint density at radius 3 is 2.76 bits per heavy atom. The van der Waals surface area contributed by atoms with Gasteiger partial charge in [0.2, 0.25) is 5.89 Å². The van der Waals surface area contributed by atoms with Gasteiger partial charge in [-0.3, -0.25) is 9.80 Å². The first-order valence-electron chi connectivity index (χ1n) is 9.17. The number of unbranched alkanes of at least 4 members (excludes halogenated alkanes) is 1. The Kier molecular flexibility index (Phi) is 6.23. The second-order valence-electron chi connectivity index (χ2n) is 6.70. The Morgan fingerprint density at radius 1 is 1.28 bits per heavy atom. The Morgan fingerprint density at radius 2 is 2.08 bits per heavy atom. The lowest BCUT2D eigenvalue weighted by Crippen LogP contribution is -2.48.